The molecule has 21 heavy (non-hydrogen) atoms. The molecule has 2 nitrogen and oxygen atoms in total. The topological polar surface area (TPSA) is 12.5 Å². The molecule has 0 aromatic heterocycles. The first-order valence-corrected chi connectivity index (χ1v) is 9.34. The van der Waals surface area contributed by atoms with Gasteiger partial charge in [0, 0.05) is 30.5 Å². The lowest BCUT2D eigenvalue weighted by atomic mass is 9.80. The SMILES string of the molecule is CCCC(CBr)(CCC)CN1CCOc2ccccc2C1. The van der Waals surface area contributed by atoms with E-state index < -0.39 is 0 Å². The van der Waals surface area contributed by atoms with Gasteiger partial charge in [-0.15, -0.1) is 0 Å². The van der Waals surface area contributed by atoms with Gasteiger partial charge in [-0.3, -0.25) is 4.90 Å². The van der Waals surface area contributed by atoms with Crippen LogP contribution < -0.4 is 4.74 Å². The summed E-state index contributed by atoms with van der Waals surface area (Å²) in [5.74, 6) is 1.07. The predicted octanol–water partition coefficient (Wildman–Crippen LogP) is 4.86. The molecule has 1 aliphatic heterocycles. The van der Waals surface area contributed by atoms with Gasteiger partial charge in [0.05, 0.1) is 0 Å². The second-order valence-electron chi connectivity index (χ2n) is 6.30. The lowest BCUT2D eigenvalue weighted by Gasteiger charge is -2.37. The molecule has 1 heterocycles. The van der Waals surface area contributed by atoms with Gasteiger partial charge in [0.2, 0.25) is 0 Å². The quantitative estimate of drug-likeness (QED) is 0.648. The molecule has 1 aromatic rings. The largest absolute Gasteiger partial charge is 0.492 e. The van der Waals surface area contributed by atoms with Crippen LogP contribution in [-0.4, -0.2) is 29.9 Å². The standard InChI is InChI=1S/C18H28BrNO/c1-3-9-18(14-19,10-4-2)15-20-11-12-21-17-8-6-5-7-16(17)13-20/h5-8H,3-4,9-15H2,1-2H3. The first kappa shape index (κ1) is 16.8. The molecule has 0 atom stereocenters. The van der Waals surface area contributed by atoms with Crippen molar-refractivity contribution in [3.05, 3.63) is 29.8 Å². The highest BCUT2D eigenvalue weighted by atomic mass is 79.9. The van der Waals surface area contributed by atoms with Crippen molar-refractivity contribution in [3.8, 4) is 5.75 Å². The molecule has 1 aromatic carbocycles. The van der Waals surface area contributed by atoms with Crippen molar-refractivity contribution in [2.75, 3.05) is 25.0 Å². The van der Waals surface area contributed by atoms with Crippen molar-refractivity contribution in [2.45, 2.75) is 46.1 Å². The fourth-order valence-corrected chi connectivity index (χ4v) is 4.25. The highest BCUT2D eigenvalue weighted by molar-refractivity contribution is 9.09. The van der Waals surface area contributed by atoms with E-state index >= 15 is 0 Å². The van der Waals surface area contributed by atoms with Gasteiger partial charge in [0.25, 0.3) is 0 Å². The molecule has 0 fully saturated rings. The molecular formula is C18H28BrNO. The zero-order valence-corrected chi connectivity index (χ0v) is 15.0. The second-order valence-corrected chi connectivity index (χ2v) is 6.86. The second kappa shape index (κ2) is 8.19. The summed E-state index contributed by atoms with van der Waals surface area (Å²) in [7, 11) is 0. The number of halogens is 1. The van der Waals surface area contributed by atoms with Crippen LogP contribution >= 0.6 is 15.9 Å². The summed E-state index contributed by atoms with van der Waals surface area (Å²) in [4.78, 5) is 2.58. The Morgan fingerprint density at radius 1 is 1.19 bits per heavy atom. The molecule has 0 radical (unpaired) electrons. The smallest absolute Gasteiger partial charge is 0.123 e. The maximum Gasteiger partial charge on any atom is 0.123 e. The average Bonchev–Trinajstić information content (AvgIpc) is 2.69. The van der Waals surface area contributed by atoms with Crippen LogP contribution in [0.25, 0.3) is 0 Å². The minimum absolute atomic E-state index is 0.406. The molecule has 0 bridgehead atoms. The lowest BCUT2D eigenvalue weighted by molar-refractivity contribution is 0.133. The third-order valence-electron chi connectivity index (χ3n) is 4.43. The summed E-state index contributed by atoms with van der Waals surface area (Å²) in [5.41, 5.74) is 1.73. The fraction of sp³-hybridized carbons (Fsp3) is 0.667. The number of fused-ring (bicyclic) bond motifs is 1. The maximum atomic E-state index is 5.89. The summed E-state index contributed by atoms with van der Waals surface area (Å²) < 4.78 is 5.89. The molecule has 0 amide bonds. The molecule has 0 saturated heterocycles. The highest BCUT2D eigenvalue weighted by Crippen LogP contribution is 2.34. The van der Waals surface area contributed by atoms with Crippen LogP contribution in [0.3, 0.4) is 0 Å². The molecule has 0 saturated carbocycles. The number of hydrogen-bond donors (Lipinski definition) is 0. The van der Waals surface area contributed by atoms with Crippen molar-refractivity contribution in [2.24, 2.45) is 5.41 Å². The summed E-state index contributed by atoms with van der Waals surface area (Å²) in [5, 5.41) is 1.10. The maximum absolute atomic E-state index is 5.89. The van der Waals surface area contributed by atoms with Gasteiger partial charge in [0.1, 0.15) is 12.4 Å². The van der Waals surface area contributed by atoms with Crippen LogP contribution in [0.4, 0.5) is 0 Å². The number of hydrogen-bond acceptors (Lipinski definition) is 2. The Hall–Kier alpha value is -0.540. The number of nitrogens with zero attached hydrogens (tertiary/aromatic N) is 1. The number of benzene rings is 1. The van der Waals surface area contributed by atoms with Gasteiger partial charge in [-0.05, 0) is 24.3 Å². The van der Waals surface area contributed by atoms with E-state index in [0.29, 0.717) is 5.41 Å². The Labute approximate surface area is 138 Å². The zero-order valence-electron chi connectivity index (χ0n) is 13.4. The molecule has 0 aliphatic carbocycles. The third kappa shape index (κ3) is 4.46. The Morgan fingerprint density at radius 2 is 1.90 bits per heavy atom. The van der Waals surface area contributed by atoms with E-state index in [2.05, 4.69) is 58.9 Å². The normalized spacial score (nSPS) is 16.1. The molecule has 118 valence electrons. The predicted molar refractivity (Wildman–Crippen MR) is 93.3 cm³/mol. The van der Waals surface area contributed by atoms with E-state index in [-0.39, 0.29) is 0 Å². The summed E-state index contributed by atoms with van der Waals surface area (Å²) in [6, 6.07) is 8.46. The summed E-state index contributed by atoms with van der Waals surface area (Å²) in [6.45, 7) is 8.60. The highest BCUT2D eigenvalue weighted by Gasteiger charge is 2.30. The number of ether oxygens (including phenoxy) is 1. The van der Waals surface area contributed by atoms with E-state index in [4.69, 9.17) is 4.74 Å². The van der Waals surface area contributed by atoms with Gasteiger partial charge in [0.15, 0.2) is 0 Å². The van der Waals surface area contributed by atoms with Gasteiger partial charge >= 0.3 is 0 Å². The average molecular weight is 354 g/mol. The van der Waals surface area contributed by atoms with E-state index in [9.17, 15) is 0 Å². The molecular weight excluding hydrogens is 326 g/mol. The first-order chi connectivity index (χ1) is 10.2. The van der Waals surface area contributed by atoms with E-state index in [1.807, 2.05) is 0 Å². The molecule has 0 N–H and O–H groups in total. The molecule has 2 rings (SSSR count). The van der Waals surface area contributed by atoms with Crippen LogP contribution in [-0.2, 0) is 6.54 Å². The summed E-state index contributed by atoms with van der Waals surface area (Å²) in [6.07, 6.45) is 5.11. The molecule has 1 aliphatic rings. The van der Waals surface area contributed by atoms with Crippen LogP contribution in [0.1, 0.15) is 45.1 Å². The van der Waals surface area contributed by atoms with Crippen LogP contribution in [0.15, 0.2) is 24.3 Å². The van der Waals surface area contributed by atoms with Crippen molar-refractivity contribution in [1.29, 1.82) is 0 Å². The Balaban J connectivity index is 2.10. The van der Waals surface area contributed by atoms with Gasteiger partial charge in [-0.25, -0.2) is 0 Å². The third-order valence-corrected chi connectivity index (χ3v) is 5.62. The molecule has 0 spiro atoms. The minimum Gasteiger partial charge on any atom is -0.492 e. The van der Waals surface area contributed by atoms with Gasteiger partial charge in [-0.2, -0.15) is 0 Å². The van der Waals surface area contributed by atoms with E-state index in [1.54, 1.807) is 0 Å². The lowest BCUT2D eigenvalue weighted by Crippen LogP contribution is -2.39. The minimum atomic E-state index is 0.406. The van der Waals surface area contributed by atoms with Crippen LogP contribution in [0.5, 0.6) is 5.75 Å². The van der Waals surface area contributed by atoms with Crippen molar-refractivity contribution in [3.63, 3.8) is 0 Å². The Kier molecular flexibility index (Phi) is 6.56. The number of rotatable bonds is 7. The zero-order chi connectivity index (χ0) is 15.1. The van der Waals surface area contributed by atoms with E-state index in [0.717, 1.165) is 37.3 Å². The first-order valence-electron chi connectivity index (χ1n) is 8.22. The number of alkyl halides is 1. The van der Waals surface area contributed by atoms with Gasteiger partial charge in [-0.1, -0.05) is 60.8 Å². The molecule has 3 heteroatoms. The van der Waals surface area contributed by atoms with Crippen LogP contribution in [0, 0.1) is 5.41 Å². The van der Waals surface area contributed by atoms with Crippen molar-refractivity contribution in [1.82, 2.24) is 4.90 Å². The van der Waals surface area contributed by atoms with Crippen molar-refractivity contribution >= 4 is 15.9 Å². The number of para-hydroxylation sites is 1. The van der Waals surface area contributed by atoms with Gasteiger partial charge < -0.3 is 4.74 Å². The molecule has 0 unspecified atom stereocenters. The summed E-state index contributed by atoms with van der Waals surface area (Å²) >= 11 is 3.80. The monoisotopic (exact) mass is 353 g/mol. The Bertz CT molecular complexity index is 429. The van der Waals surface area contributed by atoms with E-state index in [1.165, 1.54) is 31.2 Å². The Morgan fingerprint density at radius 3 is 2.57 bits per heavy atom. The fourth-order valence-electron chi connectivity index (χ4n) is 3.51. The van der Waals surface area contributed by atoms with Crippen LogP contribution in [0.2, 0.25) is 0 Å². The van der Waals surface area contributed by atoms with Crippen molar-refractivity contribution < 1.29 is 4.74 Å².